The van der Waals surface area contributed by atoms with Gasteiger partial charge in [0, 0.05) is 36.4 Å². The second kappa shape index (κ2) is 8.34. The highest BCUT2D eigenvalue weighted by molar-refractivity contribution is 5.99. The van der Waals surface area contributed by atoms with Crippen molar-refractivity contribution in [3.63, 3.8) is 0 Å². The standard InChI is InChI=1S/C24H22F3N5O2/c1-13-4-6-17(22-28-8-3-9-29-22)21(31-13)23(33)32-14(2)15-10-18(32)19(11-15)34-20-7-5-16(12-30-20)24(25,26)27/h3-9,12,14-15,18-19H,10-11H2,1-2H3/t14-,15-,18+,19-/m1/s1. The van der Waals surface area contributed by atoms with E-state index in [4.69, 9.17) is 4.74 Å². The van der Waals surface area contributed by atoms with E-state index in [1.807, 2.05) is 19.9 Å². The Kier molecular flexibility index (Phi) is 5.45. The summed E-state index contributed by atoms with van der Waals surface area (Å²) in [5.74, 6) is 0.504. The van der Waals surface area contributed by atoms with Gasteiger partial charge in [0.2, 0.25) is 5.88 Å². The van der Waals surface area contributed by atoms with Crippen molar-refractivity contribution in [2.45, 2.75) is 51.1 Å². The molecule has 7 nitrogen and oxygen atoms in total. The van der Waals surface area contributed by atoms with Gasteiger partial charge in [-0.15, -0.1) is 0 Å². The summed E-state index contributed by atoms with van der Waals surface area (Å²) in [7, 11) is 0. The number of aromatic nitrogens is 4. The summed E-state index contributed by atoms with van der Waals surface area (Å²) < 4.78 is 44.5. The maximum atomic E-state index is 13.8. The molecule has 0 N–H and O–H groups in total. The maximum absolute atomic E-state index is 13.8. The fraction of sp³-hybridized carbons (Fsp3) is 0.375. The van der Waals surface area contributed by atoms with Gasteiger partial charge in [-0.3, -0.25) is 4.79 Å². The number of amides is 1. The minimum Gasteiger partial charge on any atom is -0.472 e. The number of carbonyl (C=O) groups is 1. The second-order valence-corrected chi connectivity index (χ2v) is 8.71. The summed E-state index contributed by atoms with van der Waals surface area (Å²) >= 11 is 0. The van der Waals surface area contributed by atoms with Gasteiger partial charge in [-0.25, -0.2) is 19.9 Å². The van der Waals surface area contributed by atoms with Gasteiger partial charge >= 0.3 is 6.18 Å². The van der Waals surface area contributed by atoms with Crippen molar-refractivity contribution >= 4 is 5.91 Å². The number of piperidine rings is 1. The summed E-state index contributed by atoms with van der Waals surface area (Å²) in [5.41, 5.74) is 0.686. The van der Waals surface area contributed by atoms with Crippen molar-refractivity contribution in [3.8, 4) is 17.3 Å². The van der Waals surface area contributed by atoms with Crippen LogP contribution in [0.25, 0.3) is 11.4 Å². The van der Waals surface area contributed by atoms with Crippen LogP contribution >= 0.6 is 0 Å². The number of aryl methyl sites for hydroxylation is 1. The molecule has 4 atom stereocenters. The van der Waals surface area contributed by atoms with Crippen LogP contribution in [0.2, 0.25) is 0 Å². The maximum Gasteiger partial charge on any atom is 0.417 e. The van der Waals surface area contributed by atoms with E-state index in [0.717, 1.165) is 18.7 Å². The van der Waals surface area contributed by atoms with Crippen molar-refractivity contribution < 1.29 is 22.7 Å². The van der Waals surface area contributed by atoms with Crippen LogP contribution in [0.1, 0.15) is 41.5 Å². The van der Waals surface area contributed by atoms with Crippen LogP contribution in [-0.4, -0.2) is 48.9 Å². The van der Waals surface area contributed by atoms with Crippen LogP contribution in [0, 0.1) is 12.8 Å². The average molecular weight is 469 g/mol. The van der Waals surface area contributed by atoms with Crippen LogP contribution in [0.3, 0.4) is 0 Å². The van der Waals surface area contributed by atoms with Gasteiger partial charge in [0.1, 0.15) is 11.8 Å². The predicted octanol–water partition coefficient (Wildman–Crippen LogP) is 4.33. The quantitative estimate of drug-likeness (QED) is 0.566. The Balaban J connectivity index is 1.41. The van der Waals surface area contributed by atoms with Crippen molar-refractivity contribution in [2.75, 3.05) is 0 Å². The number of carbonyl (C=O) groups excluding carboxylic acids is 1. The molecule has 34 heavy (non-hydrogen) atoms. The topological polar surface area (TPSA) is 81.1 Å². The average Bonchev–Trinajstić information content (AvgIpc) is 3.36. The van der Waals surface area contributed by atoms with Gasteiger partial charge in [-0.2, -0.15) is 13.2 Å². The fourth-order valence-electron chi connectivity index (χ4n) is 4.93. The summed E-state index contributed by atoms with van der Waals surface area (Å²) in [6, 6.07) is 7.22. The molecule has 0 unspecified atom stereocenters. The van der Waals surface area contributed by atoms with E-state index >= 15 is 0 Å². The molecular formula is C24H22F3N5O2. The lowest BCUT2D eigenvalue weighted by atomic mass is 9.98. The number of alkyl halides is 3. The summed E-state index contributed by atoms with van der Waals surface area (Å²) in [6.07, 6.45) is 0.607. The van der Waals surface area contributed by atoms with Crippen molar-refractivity contribution in [3.05, 3.63) is 65.9 Å². The Labute approximate surface area is 194 Å². The molecule has 1 amide bonds. The molecule has 4 heterocycles. The highest BCUT2D eigenvalue weighted by Gasteiger charge is 2.53. The van der Waals surface area contributed by atoms with E-state index in [9.17, 15) is 18.0 Å². The number of likely N-dealkylation sites (tertiary alicyclic amines) is 1. The first-order valence-electron chi connectivity index (χ1n) is 11.0. The van der Waals surface area contributed by atoms with E-state index < -0.39 is 11.7 Å². The lowest BCUT2D eigenvalue weighted by molar-refractivity contribution is -0.137. The molecule has 176 valence electrons. The molecule has 5 rings (SSSR count). The zero-order chi connectivity index (χ0) is 24.0. The number of pyridine rings is 2. The molecule has 1 aliphatic carbocycles. The molecule has 2 bridgehead atoms. The van der Waals surface area contributed by atoms with Crippen molar-refractivity contribution in [1.29, 1.82) is 0 Å². The van der Waals surface area contributed by atoms with Gasteiger partial charge in [-0.05, 0) is 56.9 Å². The molecule has 0 aromatic carbocycles. The van der Waals surface area contributed by atoms with E-state index in [1.165, 1.54) is 6.07 Å². The Bertz CT molecular complexity index is 1200. The number of rotatable bonds is 4. The normalized spacial score (nSPS) is 23.9. The monoisotopic (exact) mass is 469 g/mol. The van der Waals surface area contributed by atoms with Gasteiger partial charge in [0.05, 0.1) is 17.2 Å². The SMILES string of the molecule is Cc1ccc(-c2ncccn2)c(C(=O)N2[C@H](C)[C@H]3C[C@@H](Oc4ccc(C(F)(F)F)cn4)[C@@H]2C3)n1. The van der Waals surface area contributed by atoms with Gasteiger partial charge in [0.15, 0.2) is 5.82 Å². The summed E-state index contributed by atoms with van der Waals surface area (Å²) in [5, 5.41) is 0. The lowest BCUT2D eigenvalue weighted by Gasteiger charge is -2.37. The largest absolute Gasteiger partial charge is 0.472 e. The predicted molar refractivity (Wildman–Crippen MR) is 116 cm³/mol. The number of halogens is 3. The van der Waals surface area contributed by atoms with Gasteiger partial charge < -0.3 is 9.64 Å². The number of nitrogens with zero attached hydrogens (tertiary/aromatic N) is 5. The van der Waals surface area contributed by atoms with Crippen molar-refractivity contribution in [1.82, 2.24) is 24.8 Å². The number of hydrogen-bond donors (Lipinski definition) is 0. The third-order valence-electron chi connectivity index (χ3n) is 6.60. The number of hydrogen-bond acceptors (Lipinski definition) is 6. The van der Waals surface area contributed by atoms with Gasteiger partial charge in [0.25, 0.3) is 5.91 Å². The molecule has 2 aliphatic rings. The van der Waals surface area contributed by atoms with Crippen LogP contribution in [-0.2, 0) is 6.18 Å². The van der Waals surface area contributed by atoms with Crippen molar-refractivity contribution in [2.24, 2.45) is 5.92 Å². The first kappa shape index (κ1) is 22.2. The Morgan fingerprint density at radius 1 is 1.09 bits per heavy atom. The molecule has 2 fully saturated rings. The van der Waals surface area contributed by atoms with E-state index in [0.29, 0.717) is 23.5 Å². The third kappa shape index (κ3) is 3.97. The Morgan fingerprint density at radius 2 is 1.85 bits per heavy atom. The molecule has 1 aliphatic heterocycles. The van der Waals surface area contributed by atoms with Crippen LogP contribution < -0.4 is 4.74 Å². The number of fused-ring (bicyclic) bond motifs is 2. The van der Waals surface area contributed by atoms with E-state index in [1.54, 1.807) is 29.4 Å². The minimum atomic E-state index is -4.46. The first-order chi connectivity index (χ1) is 16.2. The smallest absolute Gasteiger partial charge is 0.417 e. The van der Waals surface area contributed by atoms with Crippen LogP contribution in [0.15, 0.2) is 48.9 Å². The van der Waals surface area contributed by atoms with Crippen LogP contribution in [0.4, 0.5) is 13.2 Å². The highest BCUT2D eigenvalue weighted by Crippen LogP contribution is 2.45. The highest BCUT2D eigenvalue weighted by atomic mass is 19.4. The number of ether oxygens (including phenoxy) is 1. The zero-order valence-corrected chi connectivity index (χ0v) is 18.5. The molecular weight excluding hydrogens is 447 g/mol. The first-order valence-corrected chi connectivity index (χ1v) is 11.0. The minimum absolute atomic E-state index is 0.0234. The molecule has 1 saturated carbocycles. The molecule has 0 spiro atoms. The Morgan fingerprint density at radius 3 is 2.50 bits per heavy atom. The van der Waals surface area contributed by atoms with Crippen LogP contribution in [0.5, 0.6) is 5.88 Å². The van der Waals surface area contributed by atoms with E-state index in [2.05, 4.69) is 19.9 Å². The van der Waals surface area contributed by atoms with E-state index in [-0.39, 0.29) is 41.6 Å². The zero-order valence-electron chi connectivity index (χ0n) is 18.5. The molecule has 3 aromatic rings. The molecule has 3 aromatic heterocycles. The molecule has 1 saturated heterocycles. The summed E-state index contributed by atoms with van der Waals surface area (Å²) in [4.78, 5) is 32.5. The fourth-order valence-corrected chi connectivity index (χ4v) is 4.93. The second-order valence-electron chi connectivity index (χ2n) is 8.71. The van der Waals surface area contributed by atoms with Gasteiger partial charge in [-0.1, -0.05) is 0 Å². The summed E-state index contributed by atoms with van der Waals surface area (Å²) in [6.45, 7) is 3.82. The third-order valence-corrected chi connectivity index (χ3v) is 6.60. The Hall–Kier alpha value is -3.56. The molecule has 10 heteroatoms. The molecule has 0 radical (unpaired) electrons. The lowest BCUT2D eigenvalue weighted by Crippen LogP contribution is -2.51.